The number of aromatic carboxylic acids is 1. The van der Waals surface area contributed by atoms with Gasteiger partial charge in [0, 0.05) is 12.1 Å². The van der Waals surface area contributed by atoms with Gasteiger partial charge in [-0.05, 0) is 31.1 Å². The van der Waals surface area contributed by atoms with Crippen LogP contribution in [0, 0.1) is 13.8 Å². The van der Waals surface area contributed by atoms with E-state index < -0.39 is 5.97 Å². The van der Waals surface area contributed by atoms with Gasteiger partial charge < -0.3 is 10.4 Å². The van der Waals surface area contributed by atoms with Crippen LogP contribution in [0.15, 0.2) is 30.3 Å². The number of aryl methyl sites for hydroxylation is 2. The average molecular weight is 285 g/mol. The summed E-state index contributed by atoms with van der Waals surface area (Å²) in [4.78, 5) is 22.4. The summed E-state index contributed by atoms with van der Waals surface area (Å²) in [6.45, 7) is 3.97. The smallest absolute Gasteiger partial charge is 0.353 e. The number of aromatic amines is 1. The number of hydrogen-bond acceptors (Lipinski definition) is 3. The number of carbonyl (C=O) groups excluding carboxylic acids is 1. The molecule has 6 heteroatoms. The fraction of sp³-hybridized carbons (Fsp3) is 0.133. The van der Waals surface area contributed by atoms with Crippen LogP contribution in [-0.2, 0) is 4.79 Å². The maximum Gasteiger partial charge on any atom is 0.353 e. The summed E-state index contributed by atoms with van der Waals surface area (Å²) >= 11 is 0. The molecule has 0 saturated carbocycles. The molecular formula is C15H15N3O3. The van der Waals surface area contributed by atoms with E-state index in [1.165, 1.54) is 12.1 Å². The lowest BCUT2D eigenvalue weighted by Crippen LogP contribution is -2.08. The summed E-state index contributed by atoms with van der Waals surface area (Å²) in [5.41, 5.74) is 3.10. The molecule has 0 unspecified atom stereocenters. The third-order valence-corrected chi connectivity index (χ3v) is 2.90. The zero-order valence-corrected chi connectivity index (χ0v) is 11.7. The summed E-state index contributed by atoms with van der Waals surface area (Å²) in [6.07, 6.45) is 3.08. The Morgan fingerprint density at radius 3 is 2.67 bits per heavy atom. The van der Waals surface area contributed by atoms with E-state index in [4.69, 9.17) is 5.11 Å². The van der Waals surface area contributed by atoms with E-state index in [0.717, 1.165) is 16.7 Å². The Bertz CT molecular complexity index is 717. The van der Waals surface area contributed by atoms with Crippen LogP contribution in [0.25, 0.3) is 6.08 Å². The van der Waals surface area contributed by atoms with E-state index in [-0.39, 0.29) is 17.4 Å². The third kappa shape index (κ3) is 3.79. The highest BCUT2D eigenvalue weighted by Crippen LogP contribution is 2.12. The molecule has 1 aromatic heterocycles. The number of amides is 1. The highest BCUT2D eigenvalue weighted by atomic mass is 16.4. The standard InChI is InChI=1S/C15H15N3O3/c1-9-3-4-11(10(2)7-9)5-6-14(19)16-13-8-12(15(20)21)17-18-13/h3-8H,1-2H3,(H,20,21)(H2,16,17,18,19). The second-order valence-corrected chi connectivity index (χ2v) is 4.65. The number of carboxylic acid groups (broad SMARTS) is 1. The van der Waals surface area contributed by atoms with Crippen LogP contribution in [0.4, 0.5) is 5.82 Å². The Labute approximate surface area is 121 Å². The van der Waals surface area contributed by atoms with Crippen molar-refractivity contribution in [2.24, 2.45) is 0 Å². The maximum absolute atomic E-state index is 11.7. The molecule has 21 heavy (non-hydrogen) atoms. The lowest BCUT2D eigenvalue weighted by Gasteiger charge is -2.01. The van der Waals surface area contributed by atoms with Crippen molar-refractivity contribution >= 4 is 23.8 Å². The van der Waals surface area contributed by atoms with Gasteiger partial charge in [0.15, 0.2) is 5.82 Å². The number of anilines is 1. The molecule has 0 atom stereocenters. The summed E-state index contributed by atoms with van der Waals surface area (Å²) < 4.78 is 0. The number of nitrogens with zero attached hydrogens (tertiary/aromatic N) is 1. The first-order valence-electron chi connectivity index (χ1n) is 6.31. The predicted molar refractivity (Wildman–Crippen MR) is 79.1 cm³/mol. The molecular weight excluding hydrogens is 270 g/mol. The average Bonchev–Trinajstić information content (AvgIpc) is 2.86. The van der Waals surface area contributed by atoms with E-state index in [1.807, 2.05) is 32.0 Å². The topological polar surface area (TPSA) is 95.1 Å². The largest absolute Gasteiger partial charge is 0.477 e. The highest BCUT2D eigenvalue weighted by Gasteiger charge is 2.08. The number of hydrogen-bond donors (Lipinski definition) is 3. The minimum Gasteiger partial charge on any atom is -0.477 e. The van der Waals surface area contributed by atoms with Crippen molar-refractivity contribution in [3.8, 4) is 0 Å². The summed E-state index contributed by atoms with van der Waals surface area (Å²) in [5.74, 6) is -1.34. The van der Waals surface area contributed by atoms with Crippen molar-refractivity contribution < 1.29 is 14.7 Å². The molecule has 1 aromatic carbocycles. The molecule has 0 aliphatic heterocycles. The van der Waals surface area contributed by atoms with Crippen LogP contribution in [0.5, 0.6) is 0 Å². The number of nitrogens with one attached hydrogen (secondary N) is 2. The maximum atomic E-state index is 11.7. The normalized spacial score (nSPS) is 10.8. The van der Waals surface area contributed by atoms with Gasteiger partial charge in [0.1, 0.15) is 5.69 Å². The molecule has 0 spiro atoms. The van der Waals surface area contributed by atoms with Gasteiger partial charge in [-0.1, -0.05) is 23.8 Å². The lowest BCUT2D eigenvalue weighted by molar-refractivity contribution is -0.111. The summed E-state index contributed by atoms with van der Waals surface area (Å²) in [7, 11) is 0. The first-order valence-corrected chi connectivity index (χ1v) is 6.31. The van der Waals surface area contributed by atoms with E-state index in [0.29, 0.717) is 0 Å². The zero-order valence-electron chi connectivity index (χ0n) is 11.7. The Balaban J connectivity index is 2.03. The Morgan fingerprint density at radius 2 is 2.05 bits per heavy atom. The first kappa shape index (κ1) is 14.5. The Morgan fingerprint density at radius 1 is 1.29 bits per heavy atom. The van der Waals surface area contributed by atoms with E-state index in [1.54, 1.807) is 6.08 Å². The van der Waals surface area contributed by atoms with Gasteiger partial charge >= 0.3 is 5.97 Å². The van der Waals surface area contributed by atoms with Crippen LogP contribution < -0.4 is 5.32 Å². The first-order chi connectivity index (χ1) is 9.95. The van der Waals surface area contributed by atoms with Crippen molar-refractivity contribution in [3.63, 3.8) is 0 Å². The SMILES string of the molecule is Cc1ccc(C=CC(=O)Nc2cc(C(=O)O)[nH]n2)c(C)c1. The molecule has 0 aliphatic rings. The summed E-state index contributed by atoms with van der Waals surface area (Å²) in [5, 5.41) is 17.2. The summed E-state index contributed by atoms with van der Waals surface area (Å²) in [6, 6.07) is 7.19. The second kappa shape index (κ2) is 6.04. The van der Waals surface area contributed by atoms with Gasteiger partial charge in [-0.25, -0.2) is 4.79 Å². The number of benzene rings is 1. The number of carboxylic acids is 1. The predicted octanol–water partition coefficient (Wildman–Crippen LogP) is 2.38. The highest BCUT2D eigenvalue weighted by molar-refractivity contribution is 6.02. The quantitative estimate of drug-likeness (QED) is 0.751. The molecule has 0 aliphatic carbocycles. The van der Waals surface area contributed by atoms with Crippen molar-refractivity contribution in [3.05, 3.63) is 52.7 Å². The van der Waals surface area contributed by atoms with Crippen molar-refractivity contribution in [2.75, 3.05) is 5.32 Å². The molecule has 3 N–H and O–H groups in total. The minimum absolute atomic E-state index is 0.0799. The monoisotopic (exact) mass is 285 g/mol. The van der Waals surface area contributed by atoms with Crippen LogP contribution in [0.2, 0.25) is 0 Å². The Kier molecular flexibility index (Phi) is 4.18. The van der Waals surface area contributed by atoms with E-state index in [9.17, 15) is 9.59 Å². The number of carbonyl (C=O) groups is 2. The van der Waals surface area contributed by atoms with Gasteiger partial charge in [-0.15, -0.1) is 0 Å². The fourth-order valence-corrected chi connectivity index (χ4v) is 1.84. The van der Waals surface area contributed by atoms with E-state index >= 15 is 0 Å². The van der Waals surface area contributed by atoms with Crippen molar-refractivity contribution in [2.45, 2.75) is 13.8 Å². The van der Waals surface area contributed by atoms with Gasteiger partial charge in [-0.3, -0.25) is 9.89 Å². The molecule has 108 valence electrons. The fourth-order valence-electron chi connectivity index (χ4n) is 1.84. The molecule has 0 saturated heterocycles. The zero-order chi connectivity index (χ0) is 15.4. The van der Waals surface area contributed by atoms with Crippen LogP contribution in [0.3, 0.4) is 0 Å². The molecule has 2 rings (SSSR count). The lowest BCUT2D eigenvalue weighted by atomic mass is 10.1. The van der Waals surface area contributed by atoms with Crippen LogP contribution in [-0.4, -0.2) is 27.2 Å². The van der Waals surface area contributed by atoms with Crippen LogP contribution >= 0.6 is 0 Å². The molecule has 0 bridgehead atoms. The number of H-pyrrole nitrogens is 1. The Hall–Kier alpha value is -2.89. The molecule has 1 heterocycles. The van der Waals surface area contributed by atoms with Crippen molar-refractivity contribution in [1.82, 2.24) is 10.2 Å². The van der Waals surface area contributed by atoms with Gasteiger partial charge in [0.2, 0.25) is 5.91 Å². The van der Waals surface area contributed by atoms with Crippen LogP contribution in [0.1, 0.15) is 27.2 Å². The minimum atomic E-state index is -1.13. The van der Waals surface area contributed by atoms with Gasteiger partial charge in [0.05, 0.1) is 0 Å². The number of rotatable bonds is 4. The van der Waals surface area contributed by atoms with Crippen molar-refractivity contribution in [1.29, 1.82) is 0 Å². The third-order valence-electron chi connectivity index (χ3n) is 2.90. The second-order valence-electron chi connectivity index (χ2n) is 4.65. The molecule has 1 amide bonds. The molecule has 0 radical (unpaired) electrons. The number of aromatic nitrogens is 2. The molecule has 0 fully saturated rings. The molecule has 6 nitrogen and oxygen atoms in total. The van der Waals surface area contributed by atoms with E-state index in [2.05, 4.69) is 15.5 Å². The molecule has 2 aromatic rings. The van der Waals surface area contributed by atoms with Gasteiger partial charge in [0.25, 0.3) is 0 Å². The van der Waals surface area contributed by atoms with Gasteiger partial charge in [-0.2, -0.15) is 5.10 Å².